The molecule has 3 atom stereocenters. The lowest BCUT2D eigenvalue weighted by Crippen LogP contribution is -2.58. The van der Waals surface area contributed by atoms with Crippen LogP contribution in [0.3, 0.4) is 0 Å². The molecule has 1 aliphatic rings. The first-order valence-electron chi connectivity index (χ1n) is 12.5. The number of H-pyrrole nitrogens is 1. The zero-order valence-corrected chi connectivity index (χ0v) is 21.7. The maximum atomic E-state index is 13.4. The number of aromatic amines is 1. The Morgan fingerprint density at radius 1 is 1.08 bits per heavy atom. The van der Waals surface area contributed by atoms with Gasteiger partial charge < -0.3 is 30.6 Å². The van der Waals surface area contributed by atoms with Crippen LogP contribution in [0.2, 0.25) is 0 Å². The Balaban J connectivity index is 1.85. The highest BCUT2D eigenvalue weighted by Gasteiger charge is 2.37. The summed E-state index contributed by atoms with van der Waals surface area (Å²) in [5.74, 6) is -4.34. The number of likely N-dealkylation sites (tertiary alicyclic amines) is 1. The SMILES string of the molecule is CC(C)(C)OC(=O)N1CCCC[C@H]1C(=O)N[C@@H](Cc1c[nH]c2ccccc12)C(=O)N[C@@H](CC(=O)O)C(=O)O. The Kier molecular flexibility index (Phi) is 8.97. The number of ether oxygens (including phenoxy) is 1. The van der Waals surface area contributed by atoms with E-state index in [9.17, 15) is 29.1 Å². The number of piperidine rings is 1. The van der Waals surface area contributed by atoms with Crippen LogP contribution >= 0.6 is 0 Å². The van der Waals surface area contributed by atoms with Crippen molar-refractivity contribution in [1.82, 2.24) is 20.5 Å². The fourth-order valence-electron chi connectivity index (χ4n) is 4.39. The molecule has 0 spiro atoms. The maximum absolute atomic E-state index is 13.4. The van der Waals surface area contributed by atoms with Crippen molar-refractivity contribution in [3.8, 4) is 0 Å². The number of aromatic nitrogens is 1. The number of carboxylic acid groups (broad SMARTS) is 2. The van der Waals surface area contributed by atoms with E-state index in [1.807, 2.05) is 24.3 Å². The summed E-state index contributed by atoms with van der Waals surface area (Å²) in [7, 11) is 0. The molecule has 0 saturated carbocycles. The molecule has 3 rings (SSSR count). The van der Waals surface area contributed by atoms with Gasteiger partial charge in [0.2, 0.25) is 11.8 Å². The van der Waals surface area contributed by atoms with E-state index in [1.165, 1.54) is 4.90 Å². The van der Waals surface area contributed by atoms with E-state index in [0.717, 1.165) is 10.9 Å². The lowest BCUT2D eigenvalue weighted by Gasteiger charge is -2.36. The minimum absolute atomic E-state index is 0.000153. The fraction of sp³-hybridized carbons (Fsp3) is 0.500. The van der Waals surface area contributed by atoms with Gasteiger partial charge in [0, 0.05) is 30.1 Å². The molecule has 0 bridgehead atoms. The summed E-state index contributed by atoms with van der Waals surface area (Å²) in [4.78, 5) is 66.5. The second-order valence-corrected chi connectivity index (χ2v) is 10.3. The van der Waals surface area contributed by atoms with Crippen molar-refractivity contribution in [3.63, 3.8) is 0 Å². The molecule has 12 nitrogen and oxygen atoms in total. The topological polar surface area (TPSA) is 178 Å². The summed E-state index contributed by atoms with van der Waals surface area (Å²) in [5.41, 5.74) is 0.744. The number of fused-ring (bicyclic) bond motifs is 1. The standard InChI is InChI=1S/C26H34N4O8/c1-26(2,3)38-25(37)30-11-7-6-10-20(30)23(34)28-18(22(33)29-19(24(35)36)13-21(31)32)12-15-14-27-17-9-5-4-8-16(15)17/h4-5,8-9,14,18-20,27H,6-7,10-13H2,1-3H3,(H,28,34)(H,29,33)(H,31,32)(H,35,36)/t18-,19-,20-/m0/s1. The summed E-state index contributed by atoms with van der Waals surface area (Å²) in [6.07, 6.45) is 1.97. The quantitative estimate of drug-likeness (QED) is 0.327. The lowest BCUT2D eigenvalue weighted by atomic mass is 9.99. The highest BCUT2D eigenvalue weighted by atomic mass is 16.6. The van der Waals surface area contributed by atoms with E-state index >= 15 is 0 Å². The van der Waals surface area contributed by atoms with Crippen LogP contribution in [-0.4, -0.2) is 80.2 Å². The predicted molar refractivity (Wildman–Crippen MR) is 136 cm³/mol. The monoisotopic (exact) mass is 530 g/mol. The summed E-state index contributed by atoms with van der Waals surface area (Å²) in [6.45, 7) is 5.48. The van der Waals surface area contributed by atoms with Gasteiger partial charge in [0.25, 0.3) is 0 Å². The van der Waals surface area contributed by atoms with Crippen LogP contribution in [0.25, 0.3) is 10.9 Å². The zero-order valence-electron chi connectivity index (χ0n) is 21.7. The first-order valence-corrected chi connectivity index (χ1v) is 12.5. The number of amides is 3. The number of hydrogen-bond donors (Lipinski definition) is 5. The van der Waals surface area contributed by atoms with Crippen LogP contribution in [0.15, 0.2) is 30.5 Å². The molecule has 2 heterocycles. The van der Waals surface area contributed by atoms with E-state index in [-0.39, 0.29) is 6.42 Å². The number of aliphatic carboxylic acids is 2. The van der Waals surface area contributed by atoms with E-state index in [0.29, 0.717) is 31.4 Å². The second kappa shape index (κ2) is 12.0. The van der Waals surface area contributed by atoms with Gasteiger partial charge in [-0.3, -0.25) is 19.3 Å². The van der Waals surface area contributed by atoms with Crippen molar-refractivity contribution in [2.45, 2.75) is 76.6 Å². The summed E-state index contributed by atoms with van der Waals surface area (Å²) in [6, 6.07) is 3.54. The van der Waals surface area contributed by atoms with Crippen molar-refractivity contribution < 1.29 is 38.9 Å². The molecule has 0 aliphatic carbocycles. The molecule has 5 N–H and O–H groups in total. The number of para-hydroxylation sites is 1. The molecule has 38 heavy (non-hydrogen) atoms. The molecule has 1 saturated heterocycles. The van der Waals surface area contributed by atoms with Crippen molar-refractivity contribution in [1.29, 1.82) is 0 Å². The van der Waals surface area contributed by atoms with Crippen LogP contribution in [-0.2, 0) is 30.3 Å². The number of nitrogens with zero attached hydrogens (tertiary/aromatic N) is 1. The van der Waals surface area contributed by atoms with Gasteiger partial charge >= 0.3 is 18.0 Å². The van der Waals surface area contributed by atoms with Crippen molar-refractivity contribution >= 4 is 40.7 Å². The van der Waals surface area contributed by atoms with E-state index in [2.05, 4.69) is 15.6 Å². The maximum Gasteiger partial charge on any atom is 0.410 e. The zero-order chi connectivity index (χ0) is 28.0. The lowest BCUT2D eigenvalue weighted by molar-refractivity contribution is -0.147. The average Bonchev–Trinajstić information content (AvgIpc) is 3.24. The molecule has 1 fully saturated rings. The summed E-state index contributed by atoms with van der Waals surface area (Å²) < 4.78 is 5.46. The summed E-state index contributed by atoms with van der Waals surface area (Å²) in [5, 5.41) is 24.2. The number of benzene rings is 1. The van der Waals surface area contributed by atoms with Crippen LogP contribution in [0.5, 0.6) is 0 Å². The summed E-state index contributed by atoms with van der Waals surface area (Å²) >= 11 is 0. The molecule has 206 valence electrons. The van der Waals surface area contributed by atoms with Crippen LogP contribution < -0.4 is 10.6 Å². The Morgan fingerprint density at radius 3 is 2.45 bits per heavy atom. The third-order valence-electron chi connectivity index (χ3n) is 6.16. The first kappa shape index (κ1) is 28.5. The normalized spacial score (nSPS) is 17.3. The van der Waals surface area contributed by atoms with E-state index < -0.39 is 60.0 Å². The van der Waals surface area contributed by atoms with Gasteiger partial charge in [0.15, 0.2) is 0 Å². The van der Waals surface area contributed by atoms with E-state index in [4.69, 9.17) is 9.84 Å². The molecule has 0 unspecified atom stereocenters. The first-order chi connectivity index (χ1) is 17.9. The van der Waals surface area contributed by atoms with Crippen LogP contribution in [0.1, 0.15) is 52.0 Å². The fourth-order valence-corrected chi connectivity index (χ4v) is 4.39. The van der Waals surface area contributed by atoms with Gasteiger partial charge in [0.05, 0.1) is 6.42 Å². The van der Waals surface area contributed by atoms with Crippen molar-refractivity contribution in [3.05, 3.63) is 36.0 Å². The van der Waals surface area contributed by atoms with E-state index in [1.54, 1.807) is 27.0 Å². The van der Waals surface area contributed by atoms with Gasteiger partial charge in [-0.1, -0.05) is 18.2 Å². The minimum atomic E-state index is -1.68. The molecule has 0 radical (unpaired) electrons. The Morgan fingerprint density at radius 2 is 1.79 bits per heavy atom. The van der Waals surface area contributed by atoms with Gasteiger partial charge in [-0.15, -0.1) is 0 Å². The highest BCUT2D eigenvalue weighted by Crippen LogP contribution is 2.22. The molecule has 12 heteroatoms. The van der Waals surface area contributed by atoms with Gasteiger partial charge in [-0.05, 0) is 51.7 Å². The number of carboxylic acids is 2. The third kappa shape index (κ3) is 7.46. The molecule has 1 aromatic heterocycles. The number of nitrogens with one attached hydrogen (secondary N) is 3. The Bertz CT molecular complexity index is 1200. The Labute approximate surface area is 219 Å². The molecule has 1 aromatic carbocycles. The van der Waals surface area contributed by atoms with Crippen molar-refractivity contribution in [2.75, 3.05) is 6.54 Å². The number of rotatable bonds is 9. The van der Waals surface area contributed by atoms with Gasteiger partial charge in [-0.25, -0.2) is 9.59 Å². The molecule has 1 aliphatic heterocycles. The smallest absolute Gasteiger partial charge is 0.410 e. The molecule has 3 amide bonds. The molecule has 2 aromatic rings. The Hall–Kier alpha value is -4.09. The molecular formula is C26H34N4O8. The highest BCUT2D eigenvalue weighted by molar-refractivity contribution is 5.94. The third-order valence-corrected chi connectivity index (χ3v) is 6.16. The number of hydrogen-bond acceptors (Lipinski definition) is 6. The van der Waals surface area contributed by atoms with Gasteiger partial charge in [0.1, 0.15) is 23.7 Å². The number of carbonyl (C=O) groups excluding carboxylic acids is 3. The second-order valence-electron chi connectivity index (χ2n) is 10.3. The minimum Gasteiger partial charge on any atom is -0.481 e. The largest absolute Gasteiger partial charge is 0.481 e. The average molecular weight is 531 g/mol. The van der Waals surface area contributed by atoms with Crippen LogP contribution in [0, 0.1) is 0 Å². The molecular weight excluding hydrogens is 496 g/mol. The van der Waals surface area contributed by atoms with Crippen molar-refractivity contribution in [2.24, 2.45) is 0 Å². The number of carbonyl (C=O) groups is 5. The van der Waals surface area contributed by atoms with Gasteiger partial charge in [-0.2, -0.15) is 0 Å². The van der Waals surface area contributed by atoms with Crippen LogP contribution in [0.4, 0.5) is 4.79 Å². The predicted octanol–water partition coefficient (Wildman–Crippen LogP) is 2.03.